The SMILES string of the molecule is CC(C)(C)OCCCN1CCOCC1.CC(C)(C)OCCO.COCCNC(C)(C)C.COCCOC(C)(C)C. The minimum Gasteiger partial charge on any atom is -0.394 e. The molecule has 0 radical (unpaired) electrons. The molecular formula is C31H70N2O7. The maximum Gasteiger partial charge on any atom is 0.0707 e. The summed E-state index contributed by atoms with van der Waals surface area (Å²) in [6.45, 7) is 34.3. The van der Waals surface area contributed by atoms with E-state index in [1.165, 1.54) is 0 Å². The summed E-state index contributed by atoms with van der Waals surface area (Å²) < 4.78 is 31.1. The summed E-state index contributed by atoms with van der Waals surface area (Å²) in [6, 6.07) is 0. The highest BCUT2D eigenvalue weighted by atomic mass is 16.5. The summed E-state index contributed by atoms with van der Waals surface area (Å²) >= 11 is 0. The van der Waals surface area contributed by atoms with E-state index in [0.717, 1.165) is 59.0 Å². The molecule has 1 fully saturated rings. The highest BCUT2D eigenvalue weighted by Crippen LogP contribution is 2.08. The van der Waals surface area contributed by atoms with Crippen molar-refractivity contribution in [1.82, 2.24) is 10.2 Å². The van der Waals surface area contributed by atoms with Crippen molar-refractivity contribution >= 4 is 0 Å². The van der Waals surface area contributed by atoms with Crippen molar-refractivity contribution in [2.45, 2.75) is 112 Å². The Kier molecular flexibility index (Phi) is 27.7. The Balaban J connectivity index is -0.000000471. The zero-order valence-corrected chi connectivity index (χ0v) is 29.0. The fraction of sp³-hybridized carbons (Fsp3) is 1.00. The van der Waals surface area contributed by atoms with Crippen LogP contribution in [0.1, 0.15) is 89.5 Å². The largest absolute Gasteiger partial charge is 0.394 e. The molecule has 0 aromatic heterocycles. The monoisotopic (exact) mass is 583 g/mol. The molecule has 0 amide bonds. The van der Waals surface area contributed by atoms with Crippen LogP contribution in [0.25, 0.3) is 0 Å². The molecule has 246 valence electrons. The lowest BCUT2D eigenvalue weighted by Crippen LogP contribution is -2.37. The predicted octanol–water partition coefficient (Wildman–Crippen LogP) is 4.79. The number of nitrogens with one attached hydrogen (secondary N) is 1. The first-order valence-electron chi connectivity index (χ1n) is 14.8. The van der Waals surface area contributed by atoms with Crippen LogP contribution in [-0.4, -0.2) is 126 Å². The van der Waals surface area contributed by atoms with Crippen LogP contribution >= 0.6 is 0 Å². The lowest BCUT2D eigenvalue weighted by molar-refractivity contribution is -0.0271. The number of aliphatic hydroxyl groups excluding tert-OH is 1. The average molecular weight is 583 g/mol. The summed E-state index contributed by atoms with van der Waals surface area (Å²) in [5, 5.41) is 11.6. The molecule has 0 bridgehead atoms. The first-order valence-corrected chi connectivity index (χ1v) is 14.8. The Morgan fingerprint density at radius 1 is 0.650 bits per heavy atom. The summed E-state index contributed by atoms with van der Waals surface area (Å²) in [7, 11) is 3.39. The zero-order chi connectivity index (χ0) is 31.7. The van der Waals surface area contributed by atoms with E-state index in [9.17, 15) is 0 Å². The molecule has 0 atom stereocenters. The topological polar surface area (TPSA) is 90.9 Å². The summed E-state index contributed by atoms with van der Waals surface area (Å²) in [4.78, 5) is 2.44. The highest BCUT2D eigenvalue weighted by Gasteiger charge is 2.12. The first-order chi connectivity index (χ1) is 18.3. The van der Waals surface area contributed by atoms with Gasteiger partial charge >= 0.3 is 0 Å². The smallest absolute Gasteiger partial charge is 0.0707 e. The number of hydrogen-bond donors (Lipinski definition) is 2. The van der Waals surface area contributed by atoms with Gasteiger partial charge < -0.3 is 38.8 Å². The summed E-state index contributed by atoms with van der Waals surface area (Å²) in [5.41, 5.74) is 0.0881. The van der Waals surface area contributed by atoms with E-state index in [1.54, 1.807) is 14.2 Å². The molecule has 2 N–H and O–H groups in total. The van der Waals surface area contributed by atoms with Gasteiger partial charge in [0.25, 0.3) is 0 Å². The number of aliphatic hydroxyl groups is 1. The van der Waals surface area contributed by atoms with Crippen LogP contribution in [0.5, 0.6) is 0 Å². The van der Waals surface area contributed by atoms with Gasteiger partial charge in [0.05, 0.1) is 63.1 Å². The molecule has 0 aliphatic carbocycles. The second-order valence-corrected chi connectivity index (χ2v) is 13.6. The van der Waals surface area contributed by atoms with Crippen LogP contribution in [-0.2, 0) is 28.4 Å². The Labute approximate surface area is 248 Å². The van der Waals surface area contributed by atoms with E-state index in [4.69, 9.17) is 33.5 Å². The van der Waals surface area contributed by atoms with E-state index in [0.29, 0.717) is 19.8 Å². The second kappa shape index (κ2) is 25.2. The molecule has 1 aliphatic rings. The van der Waals surface area contributed by atoms with Gasteiger partial charge in [0.15, 0.2) is 0 Å². The number of nitrogens with zero attached hydrogens (tertiary/aromatic N) is 1. The summed E-state index contributed by atoms with van der Waals surface area (Å²) in [6.07, 6.45) is 1.12. The molecule has 1 heterocycles. The van der Waals surface area contributed by atoms with Gasteiger partial charge in [-0.25, -0.2) is 0 Å². The number of rotatable bonds is 12. The first kappa shape index (κ1) is 44.1. The van der Waals surface area contributed by atoms with Crippen LogP contribution in [0, 0.1) is 0 Å². The van der Waals surface area contributed by atoms with Gasteiger partial charge in [-0.2, -0.15) is 0 Å². The van der Waals surface area contributed by atoms with Crippen LogP contribution in [0.2, 0.25) is 0 Å². The van der Waals surface area contributed by atoms with Gasteiger partial charge in [0, 0.05) is 52.5 Å². The second-order valence-electron chi connectivity index (χ2n) is 13.6. The van der Waals surface area contributed by atoms with E-state index in [-0.39, 0.29) is 28.9 Å². The fourth-order valence-corrected chi connectivity index (χ4v) is 2.80. The van der Waals surface area contributed by atoms with E-state index in [2.05, 4.69) is 51.8 Å². The zero-order valence-electron chi connectivity index (χ0n) is 29.0. The molecule has 1 saturated heterocycles. The van der Waals surface area contributed by atoms with Crippen LogP contribution in [0.15, 0.2) is 0 Å². The molecule has 9 nitrogen and oxygen atoms in total. The molecule has 0 aromatic carbocycles. The molecule has 0 aromatic rings. The third-order valence-corrected chi connectivity index (χ3v) is 4.67. The minimum absolute atomic E-state index is 0.00497. The van der Waals surface area contributed by atoms with Gasteiger partial charge in [-0.05, 0) is 89.5 Å². The summed E-state index contributed by atoms with van der Waals surface area (Å²) in [5.74, 6) is 0. The maximum absolute atomic E-state index is 8.30. The molecule has 1 rings (SSSR count). The molecule has 40 heavy (non-hydrogen) atoms. The number of methoxy groups -OCH3 is 2. The van der Waals surface area contributed by atoms with Crippen molar-refractivity contribution in [2.24, 2.45) is 0 Å². The maximum atomic E-state index is 8.30. The van der Waals surface area contributed by atoms with Crippen LogP contribution < -0.4 is 5.32 Å². The Morgan fingerprint density at radius 3 is 1.48 bits per heavy atom. The van der Waals surface area contributed by atoms with Gasteiger partial charge in [0.2, 0.25) is 0 Å². The van der Waals surface area contributed by atoms with Crippen molar-refractivity contribution < 1.29 is 33.5 Å². The Morgan fingerprint density at radius 2 is 1.10 bits per heavy atom. The van der Waals surface area contributed by atoms with Crippen LogP contribution in [0.3, 0.4) is 0 Å². The lowest BCUT2D eigenvalue weighted by atomic mass is 10.1. The van der Waals surface area contributed by atoms with Gasteiger partial charge in [-0.3, -0.25) is 4.90 Å². The van der Waals surface area contributed by atoms with Gasteiger partial charge in [-0.15, -0.1) is 0 Å². The third-order valence-electron chi connectivity index (χ3n) is 4.67. The number of morpholine rings is 1. The van der Waals surface area contributed by atoms with Gasteiger partial charge in [-0.1, -0.05) is 0 Å². The number of hydrogen-bond acceptors (Lipinski definition) is 9. The predicted molar refractivity (Wildman–Crippen MR) is 168 cm³/mol. The standard InChI is InChI=1S/C11H23NO2.C7H17NO.C7H16O2.C6H14O2/c1-11(2,3)14-8-4-5-12-6-9-13-10-7-12;1-7(2,3)8-5-6-9-4;1-7(2,3)9-6-5-8-4;1-6(2,3)8-5-4-7/h4-10H2,1-3H3;8H,5-6H2,1-4H3;5-6H2,1-4H3;7H,4-5H2,1-3H3. The molecule has 9 heteroatoms. The Bertz CT molecular complexity index is 496. The molecule has 0 unspecified atom stereocenters. The molecular weight excluding hydrogens is 512 g/mol. The molecule has 0 spiro atoms. The third kappa shape index (κ3) is 47.4. The molecule has 1 aliphatic heterocycles. The van der Waals surface area contributed by atoms with Crippen molar-refractivity contribution in [1.29, 1.82) is 0 Å². The quantitative estimate of drug-likeness (QED) is 0.315. The van der Waals surface area contributed by atoms with Crippen molar-refractivity contribution in [3.63, 3.8) is 0 Å². The van der Waals surface area contributed by atoms with E-state index < -0.39 is 0 Å². The van der Waals surface area contributed by atoms with Crippen molar-refractivity contribution in [3.8, 4) is 0 Å². The van der Waals surface area contributed by atoms with Crippen molar-refractivity contribution in [3.05, 3.63) is 0 Å². The average Bonchev–Trinajstić information content (AvgIpc) is 2.80. The molecule has 0 saturated carbocycles. The Hall–Kier alpha value is -0.360. The highest BCUT2D eigenvalue weighted by molar-refractivity contribution is 4.69. The minimum atomic E-state index is -0.108. The fourth-order valence-electron chi connectivity index (χ4n) is 2.80. The lowest BCUT2D eigenvalue weighted by Gasteiger charge is -2.27. The normalized spacial score (nSPS) is 14.8. The number of ether oxygens (including phenoxy) is 6. The van der Waals surface area contributed by atoms with E-state index in [1.807, 2.05) is 41.5 Å². The van der Waals surface area contributed by atoms with Crippen molar-refractivity contribution in [2.75, 3.05) is 93.3 Å². The van der Waals surface area contributed by atoms with E-state index >= 15 is 0 Å². The van der Waals surface area contributed by atoms with Gasteiger partial charge in [0.1, 0.15) is 0 Å². The van der Waals surface area contributed by atoms with Crippen LogP contribution in [0.4, 0.5) is 0 Å².